The molecule has 1 saturated heterocycles. The minimum absolute atomic E-state index is 0.625. The number of aliphatic hydroxyl groups is 3. The molecule has 1 fully saturated rings. The number of nitrogens with zero attached hydrogens (tertiary/aromatic N) is 3. The van der Waals surface area contributed by atoms with Crippen LogP contribution in [0.1, 0.15) is 18.8 Å². The van der Waals surface area contributed by atoms with Crippen molar-refractivity contribution in [3.05, 3.63) is 24.3 Å². The Hall–Kier alpha value is -1.54. The minimum Gasteiger partial charge on any atom is -0.391 e. The average molecular weight is 279 g/mol. The van der Waals surface area contributed by atoms with Crippen molar-refractivity contribution in [1.82, 2.24) is 14.5 Å². The molecule has 0 unspecified atom stereocenters. The monoisotopic (exact) mass is 279 g/mol. The summed E-state index contributed by atoms with van der Waals surface area (Å²) in [7, 11) is 0. The summed E-state index contributed by atoms with van der Waals surface area (Å²) in [6.07, 6.45) is -1.56. The van der Waals surface area contributed by atoms with E-state index in [1.807, 2.05) is 13.0 Å². The van der Waals surface area contributed by atoms with Crippen molar-refractivity contribution in [2.75, 3.05) is 0 Å². The summed E-state index contributed by atoms with van der Waals surface area (Å²) in [4.78, 5) is 8.30. The van der Waals surface area contributed by atoms with E-state index in [9.17, 15) is 15.3 Å². The van der Waals surface area contributed by atoms with Gasteiger partial charge in [-0.05, 0) is 19.9 Å². The van der Waals surface area contributed by atoms with E-state index in [2.05, 4.69) is 9.97 Å². The smallest absolute Gasteiger partial charge is 0.164 e. The molecule has 3 rings (SSSR count). The molecule has 1 aliphatic rings. The number of rotatable bonds is 2. The molecular weight excluding hydrogens is 262 g/mol. The predicted octanol–water partition coefficient (Wildman–Crippen LogP) is -0.260. The average Bonchev–Trinajstić information content (AvgIpc) is 2.94. The van der Waals surface area contributed by atoms with Crippen LogP contribution in [0.25, 0.3) is 11.0 Å². The third-order valence-corrected chi connectivity index (χ3v) is 3.73. The molecule has 0 amide bonds. The molecule has 0 bridgehead atoms. The highest BCUT2D eigenvalue weighted by atomic mass is 16.6. The van der Waals surface area contributed by atoms with Crippen molar-refractivity contribution in [2.45, 2.75) is 44.5 Å². The Morgan fingerprint density at radius 2 is 2.05 bits per heavy atom. The van der Waals surface area contributed by atoms with Crippen molar-refractivity contribution < 1.29 is 20.1 Å². The molecule has 5 atom stereocenters. The Balaban J connectivity index is 2.02. The number of aryl methyl sites for hydroxylation is 1. The second kappa shape index (κ2) is 4.78. The van der Waals surface area contributed by atoms with E-state index in [1.54, 1.807) is 10.8 Å². The summed E-state index contributed by atoms with van der Waals surface area (Å²) in [6.45, 7) is 3.39. The number of aliphatic hydroxyl groups excluding tert-OH is 3. The number of fused-ring (bicyclic) bond motifs is 1. The molecular formula is C13H17N3O4. The Morgan fingerprint density at radius 3 is 2.70 bits per heavy atom. The Labute approximate surface area is 115 Å². The molecule has 0 radical (unpaired) electrons. The van der Waals surface area contributed by atoms with Crippen LogP contribution in [-0.4, -0.2) is 54.3 Å². The summed E-state index contributed by atoms with van der Waals surface area (Å²) in [5, 5.41) is 30.5. The zero-order chi connectivity index (χ0) is 14.4. The maximum atomic E-state index is 10.1. The van der Waals surface area contributed by atoms with Crippen LogP contribution in [0.5, 0.6) is 0 Å². The highest BCUT2D eigenvalue weighted by molar-refractivity contribution is 5.78. The third kappa shape index (κ3) is 1.90. The highest BCUT2D eigenvalue weighted by Crippen LogP contribution is 2.33. The van der Waals surface area contributed by atoms with Gasteiger partial charge >= 0.3 is 0 Å². The number of hydrogen-bond acceptors (Lipinski definition) is 6. The van der Waals surface area contributed by atoms with E-state index in [4.69, 9.17) is 4.74 Å². The molecule has 0 aromatic carbocycles. The van der Waals surface area contributed by atoms with Gasteiger partial charge in [0.25, 0.3) is 0 Å². The standard InChI is InChI=1S/C13H17N3O4/c1-6-8-3-4-16(12(8)15-5-14-6)13-10(19)9(18)11(20-13)7(2)17/h3-5,7,9-11,13,17-19H,1-2H3/t7-,9+,10-,11-,13-/m1/s1. The topological polar surface area (TPSA) is 101 Å². The lowest BCUT2D eigenvalue weighted by Crippen LogP contribution is -2.37. The van der Waals surface area contributed by atoms with E-state index < -0.39 is 30.6 Å². The van der Waals surface area contributed by atoms with Gasteiger partial charge in [-0.15, -0.1) is 0 Å². The van der Waals surface area contributed by atoms with Crippen LogP contribution in [-0.2, 0) is 4.74 Å². The summed E-state index contributed by atoms with van der Waals surface area (Å²) in [6, 6.07) is 1.84. The van der Waals surface area contributed by atoms with Gasteiger partial charge in [0.2, 0.25) is 0 Å². The molecule has 2 aromatic heterocycles. The van der Waals surface area contributed by atoms with E-state index in [1.165, 1.54) is 13.3 Å². The zero-order valence-electron chi connectivity index (χ0n) is 11.2. The molecule has 20 heavy (non-hydrogen) atoms. The van der Waals surface area contributed by atoms with Gasteiger partial charge in [-0.3, -0.25) is 0 Å². The molecule has 3 N–H and O–H groups in total. The maximum Gasteiger partial charge on any atom is 0.164 e. The molecule has 7 heteroatoms. The minimum atomic E-state index is -1.14. The summed E-state index contributed by atoms with van der Waals surface area (Å²) >= 11 is 0. The zero-order valence-corrected chi connectivity index (χ0v) is 11.2. The summed E-state index contributed by atoms with van der Waals surface area (Å²) in [5.41, 5.74) is 1.45. The van der Waals surface area contributed by atoms with Crippen LogP contribution >= 0.6 is 0 Å². The van der Waals surface area contributed by atoms with Gasteiger partial charge in [0.05, 0.1) is 11.8 Å². The molecule has 2 aromatic rings. The Kier molecular flexibility index (Phi) is 3.21. The van der Waals surface area contributed by atoms with Crippen molar-refractivity contribution in [3.8, 4) is 0 Å². The first-order chi connectivity index (χ1) is 9.50. The Morgan fingerprint density at radius 1 is 1.30 bits per heavy atom. The number of ether oxygens (including phenoxy) is 1. The van der Waals surface area contributed by atoms with Crippen molar-refractivity contribution >= 4 is 11.0 Å². The number of aromatic nitrogens is 3. The van der Waals surface area contributed by atoms with Gasteiger partial charge < -0.3 is 24.6 Å². The van der Waals surface area contributed by atoms with Crippen molar-refractivity contribution in [1.29, 1.82) is 0 Å². The molecule has 0 aliphatic carbocycles. The fourth-order valence-electron chi connectivity index (χ4n) is 2.62. The molecule has 7 nitrogen and oxygen atoms in total. The van der Waals surface area contributed by atoms with Crippen LogP contribution in [0.4, 0.5) is 0 Å². The first kappa shape index (κ1) is 13.4. The van der Waals surface area contributed by atoms with E-state index in [-0.39, 0.29) is 0 Å². The van der Waals surface area contributed by atoms with Gasteiger partial charge in [-0.25, -0.2) is 9.97 Å². The SMILES string of the molecule is Cc1ncnc2c1ccn2[C@@H]1O[C@H]([C@@H](C)O)[C@@H](O)[C@H]1O. The maximum absolute atomic E-state index is 10.1. The molecule has 0 spiro atoms. The predicted molar refractivity (Wildman–Crippen MR) is 69.9 cm³/mol. The fourth-order valence-corrected chi connectivity index (χ4v) is 2.62. The van der Waals surface area contributed by atoms with E-state index in [0.29, 0.717) is 5.65 Å². The van der Waals surface area contributed by atoms with Gasteiger partial charge in [0.15, 0.2) is 6.23 Å². The number of hydrogen-bond donors (Lipinski definition) is 3. The lowest BCUT2D eigenvalue weighted by atomic mass is 10.1. The van der Waals surface area contributed by atoms with Gasteiger partial charge in [-0.2, -0.15) is 0 Å². The summed E-state index contributed by atoms with van der Waals surface area (Å²) in [5.74, 6) is 0. The molecule has 1 aliphatic heterocycles. The summed E-state index contributed by atoms with van der Waals surface area (Å²) < 4.78 is 7.25. The van der Waals surface area contributed by atoms with E-state index in [0.717, 1.165) is 11.1 Å². The normalized spacial score (nSPS) is 31.9. The first-order valence-electron chi connectivity index (χ1n) is 6.48. The van der Waals surface area contributed by atoms with Gasteiger partial charge in [0, 0.05) is 11.6 Å². The lowest BCUT2D eigenvalue weighted by molar-refractivity contribution is -0.0775. The fraction of sp³-hybridized carbons (Fsp3) is 0.538. The third-order valence-electron chi connectivity index (χ3n) is 3.73. The van der Waals surface area contributed by atoms with Crippen LogP contribution in [0.2, 0.25) is 0 Å². The van der Waals surface area contributed by atoms with Gasteiger partial charge in [0.1, 0.15) is 30.3 Å². The highest BCUT2D eigenvalue weighted by Gasteiger charge is 2.45. The second-order valence-electron chi connectivity index (χ2n) is 5.13. The Bertz CT molecular complexity index is 627. The van der Waals surface area contributed by atoms with Crippen molar-refractivity contribution in [2.24, 2.45) is 0 Å². The largest absolute Gasteiger partial charge is 0.391 e. The van der Waals surface area contributed by atoms with E-state index >= 15 is 0 Å². The van der Waals surface area contributed by atoms with Gasteiger partial charge in [-0.1, -0.05) is 0 Å². The lowest BCUT2D eigenvalue weighted by Gasteiger charge is -2.18. The van der Waals surface area contributed by atoms with Crippen LogP contribution in [0, 0.1) is 6.92 Å². The first-order valence-corrected chi connectivity index (χ1v) is 6.48. The molecule has 0 saturated carbocycles. The molecule has 3 heterocycles. The second-order valence-corrected chi connectivity index (χ2v) is 5.13. The van der Waals surface area contributed by atoms with Crippen LogP contribution in [0.3, 0.4) is 0 Å². The van der Waals surface area contributed by atoms with Crippen molar-refractivity contribution in [3.63, 3.8) is 0 Å². The quantitative estimate of drug-likeness (QED) is 0.700. The van der Waals surface area contributed by atoms with Crippen LogP contribution < -0.4 is 0 Å². The molecule has 108 valence electrons. The van der Waals surface area contributed by atoms with Crippen LogP contribution in [0.15, 0.2) is 18.6 Å².